The first kappa shape index (κ1) is 19.3. The zero-order valence-corrected chi connectivity index (χ0v) is 16.5. The van der Waals surface area contributed by atoms with Crippen molar-refractivity contribution < 1.29 is 14.4 Å². The van der Waals surface area contributed by atoms with E-state index in [1.807, 2.05) is 6.07 Å². The molecule has 0 radical (unpaired) electrons. The van der Waals surface area contributed by atoms with Crippen molar-refractivity contribution in [3.63, 3.8) is 0 Å². The van der Waals surface area contributed by atoms with Crippen LogP contribution >= 0.6 is 23.1 Å². The maximum atomic E-state index is 12.2. The van der Waals surface area contributed by atoms with E-state index in [1.54, 1.807) is 36.1 Å². The minimum Gasteiger partial charge on any atom is -0.308 e. The molecule has 2 aromatic rings. The number of benzene rings is 1. The Morgan fingerprint density at radius 3 is 2.56 bits per heavy atom. The van der Waals surface area contributed by atoms with Crippen molar-refractivity contribution in [3.8, 4) is 0 Å². The molecule has 142 valence electrons. The lowest BCUT2D eigenvalue weighted by Crippen LogP contribution is -2.38. The molecule has 0 bridgehead atoms. The maximum Gasteiger partial charge on any atom is 0.325 e. The first-order chi connectivity index (χ1) is 12.9. The molecule has 0 spiro atoms. The number of carbonyl (C=O) groups excluding carboxylic acids is 3. The summed E-state index contributed by atoms with van der Waals surface area (Å²) in [6, 6.07) is 8.48. The Bertz CT molecular complexity index is 838. The molecule has 0 saturated heterocycles. The second-order valence-electron chi connectivity index (χ2n) is 6.04. The highest BCUT2D eigenvalue weighted by molar-refractivity contribution is 8.02. The molecule has 0 aliphatic heterocycles. The SMILES string of the molecule is CC(=O)N(c1nnc(S[C@H](C)C(=O)NC(=O)Nc2ccccc2)s1)C1CC1. The quantitative estimate of drug-likeness (QED) is 0.566. The lowest BCUT2D eigenvalue weighted by atomic mass is 10.3. The Morgan fingerprint density at radius 1 is 1.22 bits per heavy atom. The second-order valence-corrected chi connectivity index (χ2v) is 8.58. The fourth-order valence-corrected chi connectivity index (χ4v) is 4.43. The van der Waals surface area contributed by atoms with Gasteiger partial charge in [-0.3, -0.25) is 19.8 Å². The standard InChI is InChI=1S/C17H19N5O3S2/c1-10(14(24)19-15(25)18-12-6-4-3-5-7-12)26-17-21-20-16(27-17)22(11(2)23)13-8-9-13/h3-7,10,13H,8-9H2,1-2H3,(H2,18,19,24,25)/t10-/m1/s1. The van der Waals surface area contributed by atoms with Gasteiger partial charge < -0.3 is 5.32 Å². The van der Waals surface area contributed by atoms with Crippen LogP contribution in [0.25, 0.3) is 0 Å². The van der Waals surface area contributed by atoms with Crippen LogP contribution in [-0.2, 0) is 9.59 Å². The van der Waals surface area contributed by atoms with Crippen LogP contribution in [0.3, 0.4) is 0 Å². The van der Waals surface area contributed by atoms with E-state index in [4.69, 9.17) is 0 Å². The molecule has 8 nitrogen and oxygen atoms in total. The number of imide groups is 1. The first-order valence-electron chi connectivity index (χ1n) is 8.41. The number of carbonyl (C=O) groups is 3. The van der Waals surface area contributed by atoms with Gasteiger partial charge in [0, 0.05) is 18.7 Å². The number of hydrogen-bond donors (Lipinski definition) is 2. The molecule has 0 unspecified atom stereocenters. The van der Waals surface area contributed by atoms with Crippen molar-refractivity contribution in [2.24, 2.45) is 0 Å². The summed E-state index contributed by atoms with van der Waals surface area (Å²) in [7, 11) is 0. The molecule has 1 heterocycles. The lowest BCUT2D eigenvalue weighted by Gasteiger charge is -2.15. The van der Waals surface area contributed by atoms with Crippen molar-refractivity contribution in [2.75, 3.05) is 10.2 Å². The van der Waals surface area contributed by atoms with Gasteiger partial charge in [-0.25, -0.2) is 4.79 Å². The molecule has 10 heteroatoms. The summed E-state index contributed by atoms with van der Waals surface area (Å²) in [6.07, 6.45) is 1.94. The van der Waals surface area contributed by atoms with Crippen LogP contribution in [0.1, 0.15) is 26.7 Å². The van der Waals surface area contributed by atoms with Gasteiger partial charge in [-0.1, -0.05) is 41.3 Å². The molecule has 4 amide bonds. The number of urea groups is 1. The van der Waals surface area contributed by atoms with Crippen LogP contribution < -0.4 is 15.5 Å². The van der Waals surface area contributed by atoms with Gasteiger partial charge >= 0.3 is 6.03 Å². The average Bonchev–Trinajstić information content (AvgIpc) is 3.34. The van der Waals surface area contributed by atoms with E-state index >= 15 is 0 Å². The number of aromatic nitrogens is 2. The van der Waals surface area contributed by atoms with E-state index in [2.05, 4.69) is 20.8 Å². The molecule has 1 saturated carbocycles. The van der Waals surface area contributed by atoms with E-state index in [9.17, 15) is 14.4 Å². The Labute approximate surface area is 164 Å². The summed E-state index contributed by atoms with van der Waals surface area (Å²) in [5.74, 6) is -0.496. The van der Waals surface area contributed by atoms with Gasteiger partial charge in [0.15, 0.2) is 4.34 Å². The van der Waals surface area contributed by atoms with Crippen molar-refractivity contribution in [1.82, 2.24) is 15.5 Å². The Balaban J connectivity index is 1.53. The lowest BCUT2D eigenvalue weighted by molar-refractivity contribution is -0.119. The number of nitrogens with one attached hydrogen (secondary N) is 2. The molecule has 1 atom stereocenters. The Morgan fingerprint density at radius 2 is 1.93 bits per heavy atom. The zero-order valence-electron chi connectivity index (χ0n) is 14.8. The maximum absolute atomic E-state index is 12.2. The predicted molar refractivity (Wildman–Crippen MR) is 105 cm³/mol. The smallest absolute Gasteiger partial charge is 0.308 e. The fourth-order valence-electron chi connectivity index (χ4n) is 2.33. The van der Waals surface area contributed by atoms with Crippen molar-refractivity contribution in [3.05, 3.63) is 30.3 Å². The normalized spacial score (nSPS) is 14.3. The van der Waals surface area contributed by atoms with Gasteiger partial charge in [0.2, 0.25) is 16.9 Å². The molecule has 1 fully saturated rings. The fraction of sp³-hybridized carbons (Fsp3) is 0.353. The van der Waals surface area contributed by atoms with Crippen LogP contribution in [-0.4, -0.2) is 39.3 Å². The summed E-state index contributed by atoms with van der Waals surface area (Å²) in [4.78, 5) is 37.6. The Kier molecular flexibility index (Phi) is 6.07. The topological polar surface area (TPSA) is 104 Å². The number of hydrogen-bond acceptors (Lipinski definition) is 7. The van der Waals surface area contributed by atoms with Crippen molar-refractivity contribution >= 4 is 51.8 Å². The summed E-state index contributed by atoms with van der Waals surface area (Å²) < 4.78 is 0.572. The number of anilines is 2. The van der Waals surface area contributed by atoms with Crippen molar-refractivity contribution in [2.45, 2.75) is 42.3 Å². The van der Waals surface area contributed by atoms with Gasteiger partial charge in [-0.05, 0) is 31.9 Å². The van der Waals surface area contributed by atoms with E-state index in [0.717, 1.165) is 12.8 Å². The predicted octanol–water partition coefficient (Wildman–Crippen LogP) is 2.88. The molecule has 3 rings (SSSR count). The summed E-state index contributed by atoms with van der Waals surface area (Å²) in [5, 5.41) is 13.0. The Hall–Kier alpha value is -2.46. The molecule has 2 N–H and O–H groups in total. The molecule has 1 aromatic carbocycles. The van der Waals surface area contributed by atoms with E-state index in [1.165, 1.54) is 30.0 Å². The third-order valence-electron chi connectivity index (χ3n) is 3.77. The summed E-state index contributed by atoms with van der Waals surface area (Å²) >= 11 is 2.47. The van der Waals surface area contributed by atoms with Gasteiger partial charge in [-0.15, -0.1) is 10.2 Å². The highest BCUT2D eigenvalue weighted by Gasteiger charge is 2.34. The molecule has 1 aliphatic rings. The minimum atomic E-state index is -0.590. The molecule has 27 heavy (non-hydrogen) atoms. The number of amides is 4. The number of para-hydroxylation sites is 1. The number of thioether (sulfide) groups is 1. The van der Waals surface area contributed by atoms with E-state index in [0.29, 0.717) is 15.2 Å². The van der Waals surface area contributed by atoms with E-state index in [-0.39, 0.29) is 11.9 Å². The van der Waals surface area contributed by atoms with Crippen molar-refractivity contribution in [1.29, 1.82) is 0 Å². The number of rotatable bonds is 6. The largest absolute Gasteiger partial charge is 0.325 e. The zero-order chi connectivity index (χ0) is 19.4. The monoisotopic (exact) mass is 405 g/mol. The van der Waals surface area contributed by atoms with Gasteiger partial charge in [-0.2, -0.15) is 0 Å². The second kappa shape index (κ2) is 8.49. The first-order valence-corrected chi connectivity index (χ1v) is 10.1. The third kappa shape index (κ3) is 5.27. The molecular formula is C17H19N5O3S2. The van der Waals surface area contributed by atoms with Crippen LogP contribution in [0.5, 0.6) is 0 Å². The van der Waals surface area contributed by atoms with Gasteiger partial charge in [0.05, 0.1) is 5.25 Å². The average molecular weight is 406 g/mol. The van der Waals surface area contributed by atoms with Crippen LogP contribution in [0.2, 0.25) is 0 Å². The highest BCUT2D eigenvalue weighted by atomic mass is 32.2. The summed E-state index contributed by atoms with van der Waals surface area (Å²) in [6.45, 7) is 3.19. The van der Waals surface area contributed by atoms with Crippen LogP contribution in [0.15, 0.2) is 34.7 Å². The van der Waals surface area contributed by atoms with E-state index < -0.39 is 17.2 Å². The number of nitrogens with zero attached hydrogens (tertiary/aromatic N) is 3. The highest BCUT2D eigenvalue weighted by Crippen LogP contribution is 2.36. The third-order valence-corrected chi connectivity index (χ3v) is 5.88. The van der Waals surface area contributed by atoms with Crippen LogP contribution in [0, 0.1) is 0 Å². The van der Waals surface area contributed by atoms with Gasteiger partial charge in [0.25, 0.3) is 0 Å². The molecule has 1 aromatic heterocycles. The molecule has 1 aliphatic carbocycles. The molecular weight excluding hydrogens is 386 g/mol. The van der Waals surface area contributed by atoms with Gasteiger partial charge in [0.1, 0.15) is 0 Å². The summed E-state index contributed by atoms with van der Waals surface area (Å²) in [5.41, 5.74) is 0.598. The minimum absolute atomic E-state index is 0.0615. The van der Waals surface area contributed by atoms with Crippen LogP contribution in [0.4, 0.5) is 15.6 Å².